The maximum absolute atomic E-state index is 13.9. The van der Waals surface area contributed by atoms with E-state index in [1.807, 2.05) is 24.3 Å². The topological polar surface area (TPSA) is 49.4 Å². The zero-order valence-corrected chi connectivity index (χ0v) is 19.6. The van der Waals surface area contributed by atoms with Gasteiger partial charge in [0.2, 0.25) is 0 Å². The summed E-state index contributed by atoms with van der Waals surface area (Å²) in [5.74, 6) is -1.41. The van der Waals surface area contributed by atoms with Crippen LogP contribution in [0.4, 0.5) is 22.6 Å². The Kier molecular flexibility index (Phi) is 6.66. The molecule has 3 aromatic carbocycles. The molecule has 0 radical (unpaired) electrons. The van der Waals surface area contributed by atoms with Crippen LogP contribution in [0.1, 0.15) is 16.7 Å². The van der Waals surface area contributed by atoms with Gasteiger partial charge in [0.25, 0.3) is 10.0 Å². The number of benzene rings is 3. The Hall–Kier alpha value is -2.95. The summed E-state index contributed by atoms with van der Waals surface area (Å²) in [4.78, 5) is 0.000945. The van der Waals surface area contributed by atoms with Crippen molar-refractivity contribution >= 4 is 36.4 Å². The lowest BCUT2D eigenvalue weighted by molar-refractivity contribution is -0.140. The second kappa shape index (κ2) is 9.36. The third kappa shape index (κ3) is 4.66. The summed E-state index contributed by atoms with van der Waals surface area (Å²) in [6.45, 7) is -0.0541. The van der Waals surface area contributed by atoms with E-state index in [1.165, 1.54) is 29.5 Å². The van der Waals surface area contributed by atoms with Gasteiger partial charge in [0, 0.05) is 16.8 Å². The highest BCUT2D eigenvalue weighted by Crippen LogP contribution is 2.41. The van der Waals surface area contributed by atoms with Crippen LogP contribution in [0.15, 0.2) is 77.7 Å². The Balaban J connectivity index is 1.92. The van der Waals surface area contributed by atoms with E-state index in [0.29, 0.717) is 29.2 Å². The van der Waals surface area contributed by atoms with Gasteiger partial charge < -0.3 is 5.32 Å². The number of rotatable bonds is 7. The lowest BCUT2D eigenvalue weighted by Gasteiger charge is -2.25. The van der Waals surface area contributed by atoms with Gasteiger partial charge in [0.05, 0.1) is 17.0 Å². The average Bonchev–Trinajstić information content (AvgIpc) is 3.16. The van der Waals surface area contributed by atoms with Crippen LogP contribution in [0.3, 0.4) is 0 Å². The second-order valence-electron chi connectivity index (χ2n) is 7.55. The lowest BCUT2D eigenvalue weighted by Crippen LogP contribution is -2.31. The monoisotopic (exact) mass is 508 g/mol. The van der Waals surface area contributed by atoms with Crippen LogP contribution >= 0.6 is 11.3 Å². The van der Waals surface area contributed by atoms with Crippen molar-refractivity contribution in [1.29, 1.82) is 0 Å². The largest absolute Gasteiger partial charge is 0.419 e. The molecule has 0 aliphatic heterocycles. The normalized spacial score (nSPS) is 12.3. The molecule has 0 saturated carbocycles. The molecule has 4 aromatic rings. The van der Waals surface area contributed by atoms with Gasteiger partial charge in [-0.1, -0.05) is 42.5 Å². The van der Waals surface area contributed by atoms with E-state index in [4.69, 9.17) is 0 Å². The van der Waals surface area contributed by atoms with Crippen LogP contribution in [-0.4, -0.2) is 15.5 Å². The second-order valence-corrected chi connectivity index (χ2v) is 10.4. The van der Waals surface area contributed by atoms with E-state index >= 15 is 0 Å². The van der Waals surface area contributed by atoms with Crippen molar-refractivity contribution in [2.75, 3.05) is 11.4 Å². The molecule has 4 rings (SSSR count). The van der Waals surface area contributed by atoms with Gasteiger partial charge in [-0.3, -0.25) is 4.31 Å². The number of hydrogen-bond acceptors (Lipinski definition) is 4. The Bertz CT molecular complexity index is 1420. The first-order valence-corrected chi connectivity index (χ1v) is 12.5. The van der Waals surface area contributed by atoms with Crippen molar-refractivity contribution < 1.29 is 26.0 Å². The molecular weight excluding hydrogens is 488 g/mol. The molecule has 0 aliphatic rings. The van der Waals surface area contributed by atoms with E-state index in [0.717, 1.165) is 14.4 Å². The van der Waals surface area contributed by atoms with E-state index < -0.39 is 34.1 Å². The van der Waals surface area contributed by atoms with Crippen molar-refractivity contribution in [3.8, 4) is 0 Å². The smallest absolute Gasteiger partial charge is 0.316 e. The molecule has 1 heterocycles. The molecule has 0 spiro atoms. The number of halogens is 4. The third-order valence-electron chi connectivity index (χ3n) is 5.25. The van der Waals surface area contributed by atoms with E-state index in [2.05, 4.69) is 5.32 Å². The number of sulfonamides is 1. The molecule has 0 saturated heterocycles. The standard InChI is InChI=1S/C24H20F4N2O2S2/c1-29-14-19-18-9-5-6-10-22(18)33-23(19)30(34(31,32)17-7-3-2-4-8-17)15-16-11-12-21(25)20(13-16)24(26,27)28/h2-13,29H,14-15H2,1H3. The SMILES string of the molecule is CNCc1c(N(Cc2ccc(F)c(C(F)(F)F)c2)S(=O)(=O)c2ccccc2)sc2ccccc12. The Labute approximate surface area is 198 Å². The van der Waals surface area contributed by atoms with Crippen molar-refractivity contribution in [3.05, 3.63) is 95.3 Å². The molecule has 0 bridgehead atoms. The molecule has 0 atom stereocenters. The van der Waals surface area contributed by atoms with E-state index in [1.54, 1.807) is 25.2 Å². The van der Waals surface area contributed by atoms with Gasteiger partial charge >= 0.3 is 6.18 Å². The molecule has 1 N–H and O–H groups in total. The van der Waals surface area contributed by atoms with Crippen molar-refractivity contribution in [1.82, 2.24) is 5.32 Å². The fourth-order valence-corrected chi connectivity index (χ4v) is 6.61. The molecule has 0 unspecified atom stereocenters. The maximum Gasteiger partial charge on any atom is 0.419 e. The number of nitrogens with zero attached hydrogens (tertiary/aromatic N) is 1. The summed E-state index contributed by atoms with van der Waals surface area (Å²) < 4.78 is 83.2. The summed E-state index contributed by atoms with van der Waals surface area (Å²) in [5, 5.41) is 4.27. The predicted molar refractivity (Wildman–Crippen MR) is 126 cm³/mol. The summed E-state index contributed by atoms with van der Waals surface area (Å²) in [6, 6.07) is 17.6. The minimum Gasteiger partial charge on any atom is -0.316 e. The maximum atomic E-state index is 13.9. The minimum atomic E-state index is -4.90. The molecule has 1 aromatic heterocycles. The van der Waals surface area contributed by atoms with Crippen LogP contribution in [0.5, 0.6) is 0 Å². The fraction of sp³-hybridized carbons (Fsp3) is 0.167. The Morgan fingerprint density at radius 2 is 1.65 bits per heavy atom. The molecule has 0 aliphatic carbocycles. The van der Waals surface area contributed by atoms with Gasteiger partial charge in [-0.05, 0) is 48.3 Å². The highest BCUT2D eigenvalue weighted by atomic mass is 32.2. The van der Waals surface area contributed by atoms with E-state index in [-0.39, 0.29) is 10.5 Å². The van der Waals surface area contributed by atoms with Gasteiger partial charge in [0.15, 0.2) is 0 Å². The third-order valence-corrected chi connectivity index (χ3v) is 8.36. The zero-order chi connectivity index (χ0) is 24.5. The first-order valence-electron chi connectivity index (χ1n) is 10.2. The van der Waals surface area contributed by atoms with E-state index in [9.17, 15) is 26.0 Å². The average molecular weight is 509 g/mol. The summed E-state index contributed by atoms with van der Waals surface area (Å²) in [6.07, 6.45) is -4.90. The van der Waals surface area contributed by atoms with Crippen LogP contribution in [0.25, 0.3) is 10.1 Å². The van der Waals surface area contributed by atoms with Crippen LogP contribution < -0.4 is 9.62 Å². The molecular formula is C24H20F4N2O2S2. The molecule has 34 heavy (non-hydrogen) atoms. The Morgan fingerprint density at radius 3 is 2.32 bits per heavy atom. The van der Waals surface area contributed by atoms with Crippen LogP contribution in [0, 0.1) is 5.82 Å². The van der Waals surface area contributed by atoms with Crippen molar-refractivity contribution in [2.45, 2.75) is 24.2 Å². The zero-order valence-electron chi connectivity index (χ0n) is 17.9. The highest BCUT2D eigenvalue weighted by molar-refractivity contribution is 7.93. The minimum absolute atomic E-state index is 0.000945. The summed E-state index contributed by atoms with van der Waals surface area (Å²) >= 11 is 1.24. The van der Waals surface area contributed by atoms with Crippen molar-refractivity contribution in [2.24, 2.45) is 0 Å². The summed E-state index contributed by atoms with van der Waals surface area (Å²) in [7, 11) is -2.43. The first-order chi connectivity index (χ1) is 16.1. The van der Waals surface area contributed by atoms with Crippen LogP contribution in [-0.2, 0) is 29.3 Å². The summed E-state index contributed by atoms with van der Waals surface area (Å²) in [5.41, 5.74) is -0.712. The first kappa shape index (κ1) is 24.2. The van der Waals surface area contributed by atoms with Gasteiger partial charge in [-0.2, -0.15) is 13.2 Å². The fourth-order valence-electron chi connectivity index (χ4n) is 3.67. The lowest BCUT2D eigenvalue weighted by atomic mass is 10.1. The molecule has 4 nitrogen and oxygen atoms in total. The quantitative estimate of drug-likeness (QED) is 0.304. The van der Waals surface area contributed by atoms with Gasteiger partial charge in [-0.15, -0.1) is 11.3 Å². The number of anilines is 1. The molecule has 0 fully saturated rings. The molecule has 10 heteroatoms. The number of fused-ring (bicyclic) bond motifs is 1. The number of nitrogens with one attached hydrogen (secondary N) is 1. The van der Waals surface area contributed by atoms with Crippen LogP contribution in [0.2, 0.25) is 0 Å². The van der Waals surface area contributed by atoms with Crippen molar-refractivity contribution in [3.63, 3.8) is 0 Å². The molecule has 178 valence electrons. The predicted octanol–water partition coefficient (Wildman–Crippen LogP) is 6.17. The number of thiophene rings is 1. The van der Waals surface area contributed by atoms with Gasteiger partial charge in [-0.25, -0.2) is 12.8 Å². The number of alkyl halides is 3. The Morgan fingerprint density at radius 1 is 0.971 bits per heavy atom. The van der Waals surface area contributed by atoms with Gasteiger partial charge in [0.1, 0.15) is 10.8 Å². The number of hydrogen-bond donors (Lipinski definition) is 1. The highest BCUT2D eigenvalue weighted by Gasteiger charge is 2.35. The molecule has 0 amide bonds.